The van der Waals surface area contributed by atoms with Crippen LogP contribution in [0.4, 0.5) is 4.79 Å². The maximum atomic E-state index is 11.4. The molecule has 6 nitrogen and oxygen atoms in total. The summed E-state index contributed by atoms with van der Waals surface area (Å²) in [6.07, 6.45) is 0.113. The van der Waals surface area contributed by atoms with E-state index in [1.165, 1.54) is 0 Å². The number of carboxylic acid groups (broad SMARTS) is 1. The average Bonchev–Trinajstić information content (AvgIpc) is 2.19. The van der Waals surface area contributed by atoms with Crippen molar-refractivity contribution < 1.29 is 19.4 Å². The number of rotatable bonds is 7. The van der Waals surface area contributed by atoms with E-state index in [-0.39, 0.29) is 12.0 Å². The highest BCUT2D eigenvalue weighted by atomic mass is 16.5. The highest BCUT2D eigenvalue weighted by Gasteiger charge is 2.22. The maximum Gasteiger partial charge on any atom is 0.326 e. The van der Waals surface area contributed by atoms with Gasteiger partial charge in [-0.2, -0.15) is 0 Å². The second-order valence-electron chi connectivity index (χ2n) is 4.38. The van der Waals surface area contributed by atoms with Gasteiger partial charge in [0.05, 0.1) is 12.7 Å². The first kappa shape index (κ1) is 15.7. The Kier molecular flexibility index (Phi) is 7.29. The molecule has 1 atom stereocenters. The van der Waals surface area contributed by atoms with Crippen LogP contribution in [0.1, 0.15) is 27.7 Å². The van der Waals surface area contributed by atoms with E-state index in [2.05, 4.69) is 10.6 Å². The van der Waals surface area contributed by atoms with Crippen LogP contribution >= 0.6 is 0 Å². The van der Waals surface area contributed by atoms with Gasteiger partial charge < -0.3 is 20.5 Å². The summed E-state index contributed by atoms with van der Waals surface area (Å²) in [6.45, 7) is 8.04. The Balaban J connectivity index is 3.87. The lowest BCUT2D eigenvalue weighted by atomic mass is 10.1. The molecule has 0 heterocycles. The van der Waals surface area contributed by atoms with Crippen molar-refractivity contribution in [3.63, 3.8) is 0 Å². The summed E-state index contributed by atoms with van der Waals surface area (Å²) in [4.78, 5) is 22.2. The Morgan fingerprint density at radius 3 is 2.24 bits per heavy atom. The van der Waals surface area contributed by atoms with Gasteiger partial charge in [-0.25, -0.2) is 9.59 Å². The summed E-state index contributed by atoms with van der Waals surface area (Å²) in [5.74, 6) is -1.20. The third-order valence-electron chi connectivity index (χ3n) is 2.06. The molecule has 1 unspecified atom stereocenters. The molecule has 0 aromatic carbocycles. The molecule has 0 radical (unpaired) electrons. The summed E-state index contributed by atoms with van der Waals surface area (Å²) in [7, 11) is 0. The normalized spacial score (nSPS) is 12.6. The molecule has 0 bridgehead atoms. The van der Waals surface area contributed by atoms with E-state index in [1.54, 1.807) is 13.8 Å². The molecule has 0 saturated heterocycles. The Morgan fingerprint density at radius 1 is 1.24 bits per heavy atom. The van der Waals surface area contributed by atoms with Crippen LogP contribution in [-0.4, -0.2) is 42.4 Å². The molecule has 0 rings (SSSR count). The molecule has 0 aliphatic carbocycles. The van der Waals surface area contributed by atoms with Crippen LogP contribution in [0.2, 0.25) is 0 Å². The first-order valence-corrected chi connectivity index (χ1v) is 5.73. The predicted octanol–water partition coefficient (Wildman–Crippen LogP) is 0.820. The monoisotopic (exact) mass is 246 g/mol. The third kappa shape index (κ3) is 7.57. The van der Waals surface area contributed by atoms with Gasteiger partial charge >= 0.3 is 12.0 Å². The number of urea groups is 1. The predicted molar refractivity (Wildman–Crippen MR) is 63.9 cm³/mol. The van der Waals surface area contributed by atoms with Gasteiger partial charge in [0.1, 0.15) is 6.04 Å². The number of carboxylic acids is 1. The SMILES string of the molecule is CC(C)OCCNC(=O)NC(C(=O)O)C(C)C. The van der Waals surface area contributed by atoms with Gasteiger partial charge in [0.25, 0.3) is 0 Å². The molecule has 3 N–H and O–H groups in total. The van der Waals surface area contributed by atoms with E-state index in [0.29, 0.717) is 13.2 Å². The molecule has 0 aliphatic rings. The molecule has 100 valence electrons. The molecule has 0 aromatic rings. The average molecular weight is 246 g/mol. The summed E-state index contributed by atoms with van der Waals surface area (Å²) in [6, 6.07) is -1.36. The number of carbonyl (C=O) groups is 2. The molecule has 0 spiro atoms. The van der Waals surface area contributed by atoms with Crippen molar-refractivity contribution in [2.45, 2.75) is 39.8 Å². The number of hydrogen-bond acceptors (Lipinski definition) is 3. The highest BCUT2D eigenvalue weighted by Crippen LogP contribution is 2.01. The van der Waals surface area contributed by atoms with Gasteiger partial charge in [0, 0.05) is 6.54 Å². The Bertz CT molecular complexity index is 254. The standard InChI is InChI=1S/C11H22N2O4/c1-7(2)9(10(14)15)13-11(16)12-5-6-17-8(3)4/h7-9H,5-6H2,1-4H3,(H,14,15)(H2,12,13,16). The van der Waals surface area contributed by atoms with Crippen LogP contribution < -0.4 is 10.6 Å². The van der Waals surface area contributed by atoms with Gasteiger partial charge in [-0.05, 0) is 19.8 Å². The van der Waals surface area contributed by atoms with E-state index in [4.69, 9.17) is 9.84 Å². The fourth-order valence-electron chi connectivity index (χ4n) is 1.17. The smallest absolute Gasteiger partial charge is 0.326 e. The first-order chi connectivity index (χ1) is 7.84. The Labute approximate surface area is 102 Å². The molecular weight excluding hydrogens is 224 g/mol. The van der Waals surface area contributed by atoms with Crippen molar-refractivity contribution in [1.82, 2.24) is 10.6 Å². The summed E-state index contributed by atoms with van der Waals surface area (Å²) in [5, 5.41) is 13.8. The largest absolute Gasteiger partial charge is 0.480 e. The molecule has 6 heteroatoms. The van der Waals surface area contributed by atoms with E-state index >= 15 is 0 Å². The lowest BCUT2D eigenvalue weighted by Gasteiger charge is -2.18. The van der Waals surface area contributed by atoms with Gasteiger partial charge in [-0.3, -0.25) is 0 Å². The highest BCUT2D eigenvalue weighted by molar-refractivity contribution is 5.82. The Morgan fingerprint density at radius 2 is 1.82 bits per heavy atom. The van der Waals surface area contributed by atoms with E-state index in [0.717, 1.165) is 0 Å². The Hall–Kier alpha value is -1.30. The summed E-state index contributed by atoms with van der Waals surface area (Å²) in [5.41, 5.74) is 0. The minimum absolute atomic E-state index is 0.113. The van der Waals surface area contributed by atoms with Crippen molar-refractivity contribution in [2.24, 2.45) is 5.92 Å². The minimum Gasteiger partial charge on any atom is -0.480 e. The number of amides is 2. The topological polar surface area (TPSA) is 87.7 Å². The van der Waals surface area contributed by atoms with Crippen molar-refractivity contribution in [1.29, 1.82) is 0 Å². The zero-order valence-corrected chi connectivity index (χ0v) is 10.8. The first-order valence-electron chi connectivity index (χ1n) is 5.73. The zero-order chi connectivity index (χ0) is 13.4. The molecule has 0 aliphatic heterocycles. The molecule has 17 heavy (non-hydrogen) atoms. The quantitative estimate of drug-likeness (QED) is 0.580. The van der Waals surface area contributed by atoms with Gasteiger partial charge in [0.15, 0.2) is 0 Å². The molecule has 0 saturated carbocycles. The zero-order valence-electron chi connectivity index (χ0n) is 10.8. The van der Waals surface area contributed by atoms with Crippen LogP contribution in [0, 0.1) is 5.92 Å². The fourth-order valence-corrected chi connectivity index (χ4v) is 1.17. The van der Waals surface area contributed by atoms with Crippen LogP contribution in [-0.2, 0) is 9.53 Å². The van der Waals surface area contributed by atoms with Gasteiger partial charge in [-0.15, -0.1) is 0 Å². The van der Waals surface area contributed by atoms with Crippen LogP contribution in [0.5, 0.6) is 0 Å². The van der Waals surface area contributed by atoms with Crippen molar-refractivity contribution in [3.8, 4) is 0 Å². The van der Waals surface area contributed by atoms with Crippen molar-refractivity contribution >= 4 is 12.0 Å². The van der Waals surface area contributed by atoms with Crippen molar-refractivity contribution in [2.75, 3.05) is 13.2 Å². The molecule has 0 fully saturated rings. The summed E-state index contributed by atoms with van der Waals surface area (Å²) >= 11 is 0. The van der Waals surface area contributed by atoms with Crippen molar-refractivity contribution in [3.05, 3.63) is 0 Å². The number of aliphatic carboxylic acids is 1. The van der Waals surface area contributed by atoms with E-state index in [1.807, 2.05) is 13.8 Å². The van der Waals surface area contributed by atoms with Crippen LogP contribution in [0.15, 0.2) is 0 Å². The van der Waals surface area contributed by atoms with Gasteiger partial charge in [-0.1, -0.05) is 13.8 Å². The van der Waals surface area contributed by atoms with Gasteiger partial charge in [0.2, 0.25) is 0 Å². The minimum atomic E-state index is -1.03. The summed E-state index contributed by atoms with van der Waals surface area (Å²) < 4.78 is 5.23. The number of nitrogens with one attached hydrogen (secondary N) is 2. The van der Waals surface area contributed by atoms with E-state index in [9.17, 15) is 9.59 Å². The van der Waals surface area contributed by atoms with E-state index < -0.39 is 18.0 Å². The van der Waals surface area contributed by atoms with Crippen LogP contribution in [0.25, 0.3) is 0 Å². The maximum absolute atomic E-state index is 11.4. The second kappa shape index (κ2) is 7.89. The molecule has 0 aromatic heterocycles. The third-order valence-corrected chi connectivity index (χ3v) is 2.06. The number of ether oxygens (including phenoxy) is 1. The molecular formula is C11H22N2O4. The lowest BCUT2D eigenvalue weighted by Crippen LogP contribution is -2.49. The molecule has 2 amide bonds. The second-order valence-corrected chi connectivity index (χ2v) is 4.38. The van der Waals surface area contributed by atoms with Crippen LogP contribution in [0.3, 0.4) is 0 Å². The number of hydrogen-bond donors (Lipinski definition) is 3. The fraction of sp³-hybridized carbons (Fsp3) is 0.818. The lowest BCUT2D eigenvalue weighted by molar-refractivity contribution is -0.140. The number of carbonyl (C=O) groups excluding carboxylic acids is 1.